The Morgan fingerprint density at radius 2 is 0.770 bits per heavy atom. The van der Waals surface area contributed by atoms with Crippen molar-refractivity contribution in [3.05, 3.63) is 60.8 Å². The van der Waals surface area contributed by atoms with Gasteiger partial charge in [0.15, 0.2) is 6.10 Å². The van der Waals surface area contributed by atoms with E-state index in [0.29, 0.717) is 17.4 Å². The van der Waals surface area contributed by atoms with E-state index in [1.165, 1.54) is 180 Å². The predicted octanol–water partition coefficient (Wildman–Crippen LogP) is 19.5. The van der Waals surface area contributed by atoms with Crippen LogP contribution in [0.1, 0.15) is 284 Å². The summed E-state index contributed by atoms with van der Waals surface area (Å²) in [5, 5.41) is 0. The Bertz CT molecular complexity index is 1430. The van der Waals surface area contributed by atoms with Crippen molar-refractivity contribution < 1.29 is 42.1 Å². The molecule has 9 nitrogen and oxygen atoms in total. The molecule has 0 rings (SSSR count). The molecule has 0 aromatic heterocycles. The van der Waals surface area contributed by atoms with Crippen molar-refractivity contribution >= 4 is 19.8 Å². The number of rotatable bonds is 57. The number of esters is 2. The summed E-state index contributed by atoms with van der Waals surface area (Å²) in [4.78, 5) is 35.8. The Morgan fingerprint density at radius 1 is 0.432 bits per heavy atom. The van der Waals surface area contributed by atoms with Gasteiger partial charge in [-0.15, -0.1) is 0 Å². The van der Waals surface area contributed by atoms with E-state index < -0.39 is 26.5 Å². The van der Waals surface area contributed by atoms with Crippen molar-refractivity contribution in [3.8, 4) is 0 Å². The molecular weight excluding hydrogens is 942 g/mol. The lowest BCUT2D eigenvalue weighted by molar-refractivity contribution is -0.870. The molecule has 0 radical (unpaired) electrons. The van der Waals surface area contributed by atoms with Crippen molar-refractivity contribution in [2.24, 2.45) is 0 Å². The van der Waals surface area contributed by atoms with E-state index in [9.17, 15) is 19.0 Å². The third-order valence-electron chi connectivity index (χ3n) is 13.5. The van der Waals surface area contributed by atoms with Gasteiger partial charge in [-0.3, -0.25) is 18.6 Å². The Labute approximate surface area is 457 Å². The average molecular weight is 1060 g/mol. The van der Waals surface area contributed by atoms with E-state index in [0.717, 1.165) is 70.6 Å². The van der Waals surface area contributed by atoms with Crippen molar-refractivity contribution in [1.82, 2.24) is 0 Å². The average Bonchev–Trinajstić information content (AvgIpc) is 3.36. The molecule has 0 spiro atoms. The highest BCUT2D eigenvalue weighted by Gasteiger charge is 2.27. The fraction of sp³-hybridized carbons (Fsp3) is 0.812. The van der Waals surface area contributed by atoms with Gasteiger partial charge in [0.2, 0.25) is 0 Å². The van der Waals surface area contributed by atoms with Crippen LogP contribution >= 0.6 is 7.82 Å². The SMILES string of the molecule is CC/C=C\C/C=C\C/C=C\C/C=C\CCCCCCCCCCCCC(=O)OC(COC(=O)CCCCCCCCCCCCCCCCC/C=C\CCCCCCCCCC)COP(=O)(O)OCC[N+](C)(C)C. The Hall–Kier alpha value is -2.29. The number of likely N-dealkylation sites (N-methyl/N-ethyl adjacent to an activating group) is 1. The highest BCUT2D eigenvalue weighted by atomic mass is 31.2. The minimum Gasteiger partial charge on any atom is -0.462 e. The number of phosphoric ester groups is 1. The maximum Gasteiger partial charge on any atom is 0.472 e. The first kappa shape index (κ1) is 71.7. The van der Waals surface area contributed by atoms with E-state index in [2.05, 4.69) is 74.6 Å². The number of allylic oxidation sites excluding steroid dienone is 10. The van der Waals surface area contributed by atoms with Crippen LogP contribution in [0.4, 0.5) is 0 Å². The number of carbonyl (C=O) groups is 2. The van der Waals surface area contributed by atoms with Crippen LogP contribution < -0.4 is 0 Å². The second kappa shape index (κ2) is 55.5. The molecule has 0 aliphatic rings. The number of hydrogen-bond donors (Lipinski definition) is 1. The monoisotopic (exact) mass is 1060 g/mol. The summed E-state index contributed by atoms with van der Waals surface area (Å²) >= 11 is 0. The van der Waals surface area contributed by atoms with Crippen molar-refractivity contribution in [2.75, 3.05) is 47.5 Å². The molecule has 432 valence electrons. The van der Waals surface area contributed by atoms with Crippen LogP contribution in [-0.4, -0.2) is 74.9 Å². The molecule has 2 atom stereocenters. The minimum absolute atomic E-state index is 0.0300. The summed E-state index contributed by atoms with van der Waals surface area (Å²) in [6.45, 7) is 4.35. The first-order valence-electron chi connectivity index (χ1n) is 31.0. The van der Waals surface area contributed by atoms with E-state index in [-0.39, 0.29) is 32.0 Å². The van der Waals surface area contributed by atoms with Crippen LogP contribution in [0.2, 0.25) is 0 Å². The molecule has 0 saturated carbocycles. The molecule has 2 unspecified atom stereocenters. The fourth-order valence-electron chi connectivity index (χ4n) is 8.77. The molecule has 0 aromatic carbocycles. The molecule has 0 amide bonds. The maximum atomic E-state index is 12.8. The quantitative estimate of drug-likeness (QED) is 0.0211. The zero-order valence-electron chi connectivity index (χ0n) is 49.1. The van der Waals surface area contributed by atoms with Gasteiger partial charge < -0.3 is 18.9 Å². The molecule has 0 aromatic rings. The highest BCUT2D eigenvalue weighted by Crippen LogP contribution is 2.43. The number of hydrogen-bond acceptors (Lipinski definition) is 7. The second-order valence-electron chi connectivity index (χ2n) is 22.1. The van der Waals surface area contributed by atoms with Gasteiger partial charge >= 0.3 is 19.8 Å². The third-order valence-corrected chi connectivity index (χ3v) is 14.5. The second-order valence-corrected chi connectivity index (χ2v) is 23.5. The van der Waals surface area contributed by atoms with Crippen LogP contribution in [-0.2, 0) is 32.7 Å². The Morgan fingerprint density at radius 3 is 1.16 bits per heavy atom. The molecule has 74 heavy (non-hydrogen) atoms. The summed E-state index contributed by atoms with van der Waals surface area (Å²) in [7, 11) is 1.48. The standard InChI is InChI=1S/C64H118NO8P/c1-6-8-10-12-14-16-18-20-22-24-26-28-30-31-32-33-35-36-38-40-42-44-46-48-50-52-54-56-63(66)70-60-62(61-72-74(68,69)71-59-58-65(3,4)5)73-64(67)57-55-53-51-49-47-45-43-41-39-37-34-29-27-25-23-21-19-17-15-13-11-9-7-2/h9,11,15,17,21,23-24,26-27,29,62H,6-8,10,12-14,16,18-20,22,25,28,30-61H2,1-5H3/p+1/b11-9-,17-15-,23-21-,26-24-,29-27-. The largest absolute Gasteiger partial charge is 0.472 e. The minimum atomic E-state index is -4.39. The van der Waals surface area contributed by atoms with Crippen molar-refractivity contribution in [1.29, 1.82) is 0 Å². The van der Waals surface area contributed by atoms with Gasteiger partial charge in [0.05, 0.1) is 27.7 Å². The Kier molecular flexibility index (Phi) is 53.7. The van der Waals surface area contributed by atoms with Gasteiger partial charge in [-0.05, 0) is 77.0 Å². The number of ether oxygens (including phenoxy) is 2. The van der Waals surface area contributed by atoms with E-state index in [1.54, 1.807) is 0 Å². The maximum absolute atomic E-state index is 12.8. The van der Waals surface area contributed by atoms with Crippen LogP contribution in [0.25, 0.3) is 0 Å². The van der Waals surface area contributed by atoms with Crippen LogP contribution in [0, 0.1) is 0 Å². The normalized spacial score (nSPS) is 13.6. The zero-order valence-corrected chi connectivity index (χ0v) is 50.0. The summed E-state index contributed by atoms with van der Waals surface area (Å²) in [6, 6.07) is 0. The molecule has 0 saturated heterocycles. The first-order valence-corrected chi connectivity index (χ1v) is 32.5. The van der Waals surface area contributed by atoms with Crippen molar-refractivity contribution in [3.63, 3.8) is 0 Å². The molecule has 1 N–H and O–H groups in total. The fourth-order valence-corrected chi connectivity index (χ4v) is 9.51. The Balaban J connectivity index is 4.10. The zero-order chi connectivity index (χ0) is 54.2. The van der Waals surface area contributed by atoms with Gasteiger partial charge in [0.1, 0.15) is 19.8 Å². The van der Waals surface area contributed by atoms with Crippen LogP contribution in [0.3, 0.4) is 0 Å². The van der Waals surface area contributed by atoms with Crippen molar-refractivity contribution in [2.45, 2.75) is 290 Å². The summed E-state index contributed by atoms with van der Waals surface area (Å²) in [5.41, 5.74) is 0. The molecule has 0 aliphatic carbocycles. The highest BCUT2D eigenvalue weighted by molar-refractivity contribution is 7.47. The lowest BCUT2D eigenvalue weighted by atomic mass is 10.0. The summed E-state index contributed by atoms with van der Waals surface area (Å²) < 4.78 is 34.6. The molecule has 10 heteroatoms. The molecule has 0 aliphatic heterocycles. The van der Waals surface area contributed by atoms with Crippen LogP contribution in [0.15, 0.2) is 60.8 Å². The van der Waals surface area contributed by atoms with Gasteiger partial charge in [-0.25, -0.2) is 4.57 Å². The smallest absolute Gasteiger partial charge is 0.462 e. The lowest BCUT2D eigenvalue weighted by Crippen LogP contribution is -2.37. The third kappa shape index (κ3) is 59.0. The van der Waals surface area contributed by atoms with Gasteiger partial charge in [-0.1, -0.05) is 254 Å². The lowest BCUT2D eigenvalue weighted by Gasteiger charge is -2.24. The van der Waals surface area contributed by atoms with Gasteiger partial charge in [0.25, 0.3) is 0 Å². The predicted molar refractivity (Wildman–Crippen MR) is 316 cm³/mol. The van der Waals surface area contributed by atoms with Crippen LogP contribution in [0.5, 0.6) is 0 Å². The van der Waals surface area contributed by atoms with E-state index in [1.807, 2.05) is 21.1 Å². The van der Waals surface area contributed by atoms with E-state index in [4.69, 9.17) is 18.5 Å². The number of phosphoric acid groups is 1. The number of unbranched alkanes of at least 4 members (excludes halogenated alkanes) is 33. The topological polar surface area (TPSA) is 108 Å². The molecular formula is C64H119NO8P+. The first-order chi connectivity index (χ1) is 36.0. The molecule has 0 bridgehead atoms. The van der Waals surface area contributed by atoms with Gasteiger partial charge in [0, 0.05) is 12.8 Å². The molecule has 0 fully saturated rings. The van der Waals surface area contributed by atoms with Gasteiger partial charge in [-0.2, -0.15) is 0 Å². The van der Waals surface area contributed by atoms with E-state index >= 15 is 0 Å². The molecule has 0 heterocycles. The summed E-state index contributed by atoms with van der Waals surface area (Å²) in [5.74, 6) is -0.793. The number of nitrogens with zero attached hydrogens (tertiary/aromatic N) is 1. The number of quaternary nitrogens is 1. The number of carbonyl (C=O) groups excluding carboxylic acids is 2. The summed E-state index contributed by atoms with van der Waals surface area (Å²) in [6.07, 6.45) is 71.5.